The van der Waals surface area contributed by atoms with Crippen LogP contribution in [-0.2, 0) is 11.2 Å². The Balaban J connectivity index is 0.000000816. The van der Waals surface area contributed by atoms with E-state index in [1.165, 1.54) is 80.8 Å². The molecule has 0 saturated carbocycles. The van der Waals surface area contributed by atoms with Gasteiger partial charge in [0, 0.05) is 11.2 Å². The van der Waals surface area contributed by atoms with Gasteiger partial charge in [0.15, 0.2) is 0 Å². The Hall–Kier alpha value is -1.77. The minimum Gasteiger partial charge on any atom is -0.483 e. The Morgan fingerprint density at radius 3 is 2.13 bits per heavy atom. The Morgan fingerprint density at radius 1 is 0.957 bits per heavy atom. The predicted molar refractivity (Wildman–Crippen MR) is 97.9 cm³/mol. The normalized spacial score (nSPS) is 10.3. The fourth-order valence-electron chi connectivity index (χ4n) is 2.89. The molecule has 0 spiro atoms. The van der Waals surface area contributed by atoms with Gasteiger partial charge in [0.2, 0.25) is 0 Å². The van der Waals surface area contributed by atoms with Crippen molar-refractivity contribution >= 4 is 17.4 Å². The Bertz CT molecular complexity index is 500. The summed E-state index contributed by atoms with van der Waals surface area (Å²) in [5.41, 5.74) is 2.67. The lowest BCUT2D eigenvalue weighted by Crippen LogP contribution is -1.86. The maximum atomic E-state index is 8.36. The maximum absolute atomic E-state index is 8.36. The summed E-state index contributed by atoms with van der Waals surface area (Å²) in [4.78, 5) is 11.9. The average molecular weight is 317 g/mol. The van der Waals surface area contributed by atoms with Crippen LogP contribution >= 0.6 is 0 Å². The Morgan fingerprint density at radius 2 is 1.52 bits per heavy atom. The average Bonchev–Trinajstić information content (AvgIpc) is 2.97. The predicted octanol–water partition coefficient (Wildman–Crippen LogP) is 5.94. The molecule has 3 nitrogen and oxygen atoms in total. The first kappa shape index (κ1) is 19.3. The third kappa shape index (κ3) is 8.44. The van der Waals surface area contributed by atoms with Crippen molar-refractivity contribution in [3.63, 3.8) is 0 Å². The molecular weight excluding hydrogens is 286 g/mol. The van der Waals surface area contributed by atoms with Gasteiger partial charge >= 0.3 is 0 Å². The standard InChI is InChI=1S/C19H29N.CH2O2/c1-2-3-4-5-6-7-8-9-10-14-18-16-17-13-11-12-15-19(17)20-18;2-1-3/h11-13,15-16,20H,2-10,14H2,1H3;1H,(H,2,3). The van der Waals surface area contributed by atoms with Crippen molar-refractivity contribution < 1.29 is 9.90 Å². The highest BCUT2D eigenvalue weighted by molar-refractivity contribution is 5.80. The largest absolute Gasteiger partial charge is 0.483 e. The number of benzene rings is 1. The third-order valence-electron chi connectivity index (χ3n) is 4.14. The van der Waals surface area contributed by atoms with Crippen LogP contribution in [0.2, 0.25) is 0 Å². The summed E-state index contributed by atoms with van der Waals surface area (Å²) in [6.45, 7) is 2.03. The lowest BCUT2D eigenvalue weighted by atomic mass is 10.1. The summed E-state index contributed by atoms with van der Waals surface area (Å²) < 4.78 is 0. The van der Waals surface area contributed by atoms with Crippen molar-refractivity contribution in [3.8, 4) is 0 Å². The number of para-hydroxylation sites is 1. The molecule has 1 heterocycles. The van der Waals surface area contributed by atoms with E-state index >= 15 is 0 Å². The van der Waals surface area contributed by atoms with Crippen molar-refractivity contribution in [2.45, 2.75) is 71.1 Å². The van der Waals surface area contributed by atoms with E-state index in [9.17, 15) is 0 Å². The van der Waals surface area contributed by atoms with Gasteiger partial charge in [0.05, 0.1) is 0 Å². The molecule has 2 rings (SSSR count). The van der Waals surface area contributed by atoms with Crippen molar-refractivity contribution in [2.75, 3.05) is 0 Å². The van der Waals surface area contributed by atoms with Crippen molar-refractivity contribution in [2.24, 2.45) is 0 Å². The molecule has 0 bridgehead atoms. The SMILES string of the molecule is CCCCCCCCCCCc1cc2ccccc2[nH]1.O=CO. The fraction of sp³-hybridized carbons (Fsp3) is 0.550. The number of unbranched alkanes of at least 4 members (excludes halogenated alkanes) is 8. The number of carboxylic acid groups (broad SMARTS) is 1. The topological polar surface area (TPSA) is 53.1 Å². The van der Waals surface area contributed by atoms with Crippen LogP contribution in [0.1, 0.15) is 70.4 Å². The van der Waals surface area contributed by atoms with E-state index in [0.29, 0.717) is 0 Å². The monoisotopic (exact) mass is 317 g/mol. The van der Waals surface area contributed by atoms with E-state index in [-0.39, 0.29) is 6.47 Å². The number of H-pyrrole nitrogens is 1. The van der Waals surface area contributed by atoms with Gasteiger partial charge < -0.3 is 10.1 Å². The molecule has 0 atom stereocenters. The summed E-state index contributed by atoms with van der Waals surface area (Å²) in [5.74, 6) is 0. The Labute approximate surface area is 140 Å². The van der Waals surface area contributed by atoms with E-state index < -0.39 is 0 Å². The first-order valence-corrected chi connectivity index (χ1v) is 8.96. The van der Waals surface area contributed by atoms with Gasteiger partial charge in [-0.05, 0) is 30.4 Å². The molecule has 0 aliphatic rings. The molecule has 2 aromatic rings. The van der Waals surface area contributed by atoms with Gasteiger partial charge in [-0.3, -0.25) is 4.79 Å². The molecule has 1 aromatic carbocycles. The summed E-state index contributed by atoms with van der Waals surface area (Å²) in [6, 6.07) is 10.9. The van der Waals surface area contributed by atoms with Crippen LogP contribution in [0.4, 0.5) is 0 Å². The molecular formula is C20H31NO2. The van der Waals surface area contributed by atoms with Crippen LogP contribution in [0.3, 0.4) is 0 Å². The van der Waals surface area contributed by atoms with Gasteiger partial charge in [-0.1, -0.05) is 76.5 Å². The van der Waals surface area contributed by atoms with Gasteiger partial charge in [-0.25, -0.2) is 0 Å². The number of hydrogen-bond acceptors (Lipinski definition) is 1. The van der Waals surface area contributed by atoms with Crippen LogP contribution in [0, 0.1) is 0 Å². The highest BCUT2D eigenvalue weighted by atomic mass is 16.3. The van der Waals surface area contributed by atoms with E-state index in [2.05, 4.69) is 42.2 Å². The Kier molecular flexibility index (Phi) is 10.7. The van der Waals surface area contributed by atoms with E-state index in [1.54, 1.807) is 0 Å². The molecule has 0 unspecified atom stereocenters. The third-order valence-corrected chi connectivity index (χ3v) is 4.14. The summed E-state index contributed by atoms with van der Waals surface area (Å²) in [5, 5.41) is 8.23. The second-order valence-corrected chi connectivity index (χ2v) is 6.07. The zero-order valence-corrected chi connectivity index (χ0v) is 14.4. The van der Waals surface area contributed by atoms with Crippen LogP contribution in [0.5, 0.6) is 0 Å². The van der Waals surface area contributed by atoms with Crippen molar-refractivity contribution in [1.82, 2.24) is 4.98 Å². The van der Waals surface area contributed by atoms with Crippen LogP contribution in [0.25, 0.3) is 10.9 Å². The van der Waals surface area contributed by atoms with Gasteiger partial charge in [-0.15, -0.1) is 0 Å². The molecule has 2 N–H and O–H groups in total. The second-order valence-electron chi connectivity index (χ2n) is 6.07. The molecule has 0 radical (unpaired) electrons. The number of carbonyl (C=O) groups is 1. The molecule has 0 aliphatic carbocycles. The van der Waals surface area contributed by atoms with Crippen LogP contribution in [-0.4, -0.2) is 16.6 Å². The molecule has 0 fully saturated rings. The zero-order valence-electron chi connectivity index (χ0n) is 14.4. The lowest BCUT2D eigenvalue weighted by molar-refractivity contribution is -0.122. The molecule has 0 amide bonds. The number of aromatic nitrogens is 1. The van der Waals surface area contributed by atoms with Gasteiger partial charge in [-0.2, -0.15) is 0 Å². The maximum Gasteiger partial charge on any atom is 0.290 e. The fourth-order valence-corrected chi connectivity index (χ4v) is 2.89. The second kappa shape index (κ2) is 12.7. The summed E-state index contributed by atoms with van der Waals surface area (Å²) in [6.07, 6.45) is 13.8. The van der Waals surface area contributed by atoms with Gasteiger partial charge in [0.25, 0.3) is 6.47 Å². The van der Waals surface area contributed by atoms with Crippen LogP contribution < -0.4 is 0 Å². The molecule has 23 heavy (non-hydrogen) atoms. The zero-order chi connectivity index (χ0) is 16.8. The number of rotatable bonds is 10. The van der Waals surface area contributed by atoms with Crippen molar-refractivity contribution in [1.29, 1.82) is 0 Å². The smallest absolute Gasteiger partial charge is 0.290 e. The number of fused-ring (bicyclic) bond motifs is 1. The lowest BCUT2D eigenvalue weighted by Gasteiger charge is -2.01. The number of aromatic amines is 1. The molecule has 0 aliphatic heterocycles. The number of nitrogens with one attached hydrogen (secondary N) is 1. The summed E-state index contributed by atoms with van der Waals surface area (Å²) >= 11 is 0. The number of aryl methyl sites for hydroxylation is 1. The molecule has 3 heteroatoms. The van der Waals surface area contributed by atoms with Crippen molar-refractivity contribution in [3.05, 3.63) is 36.0 Å². The summed E-state index contributed by atoms with van der Waals surface area (Å²) in [7, 11) is 0. The highest BCUT2D eigenvalue weighted by Crippen LogP contribution is 2.17. The minimum absolute atomic E-state index is 0.250. The van der Waals surface area contributed by atoms with Gasteiger partial charge in [0.1, 0.15) is 0 Å². The first-order chi connectivity index (χ1) is 11.3. The van der Waals surface area contributed by atoms with E-state index in [0.717, 1.165) is 0 Å². The van der Waals surface area contributed by atoms with Crippen LogP contribution in [0.15, 0.2) is 30.3 Å². The molecule has 0 saturated heterocycles. The first-order valence-electron chi connectivity index (χ1n) is 8.96. The minimum atomic E-state index is -0.250. The quantitative estimate of drug-likeness (QED) is 0.421. The number of hydrogen-bond donors (Lipinski definition) is 2. The molecule has 1 aromatic heterocycles. The van der Waals surface area contributed by atoms with E-state index in [4.69, 9.17) is 9.90 Å². The highest BCUT2D eigenvalue weighted by Gasteiger charge is 1.99. The van der Waals surface area contributed by atoms with E-state index in [1.807, 2.05) is 0 Å². The molecule has 128 valence electrons.